The molecule has 0 saturated heterocycles. The third kappa shape index (κ3) is 5.14. The van der Waals surface area contributed by atoms with E-state index in [0.29, 0.717) is 12.2 Å². The highest BCUT2D eigenvalue weighted by molar-refractivity contribution is 5.92. The molecule has 0 spiro atoms. The van der Waals surface area contributed by atoms with E-state index in [2.05, 4.69) is 33.5 Å². The third-order valence-electron chi connectivity index (χ3n) is 5.59. The monoisotopic (exact) mass is 427 g/mol. The first kappa shape index (κ1) is 21.6. The highest BCUT2D eigenvalue weighted by Gasteiger charge is 2.17. The average Bonchev–Trinajstić information content (AvgIpc) is 3.46. The molecule has 0 radical (unpaired) electrons. The average molecular weight is 428 g/mol. The van der Waals surface area contributed by atoms with E-state index in [1.165, 1.54) is 0 Å². The Morgan fingerprint density at radius 2 is 1.69 bits per heavy atom. The summed E-state index contributed by atoms with van der Waals surface area (Å²) in [4.78, 5) is 14.6. The highest BCUT2D eigenvalue weighted by atomic mass is 16.2. The summed E-state index contributed by atoms with van der Waals surface area (Å²) < 4.78 is 1.81. The summed E-state index contributed by atoms with van der Waals surface area (Å²) >= 11 is 0. The summed E-state index contributed by atoms with van der Waals surface area (Å²) in [5.74, 6) is -0.0381. The summed E-state index contributed by atoms with van der Waals surface area (Å²) in [6.07, 6.45) is 4.02. The van der Waals surface area contributed by atoms with Crippen LogP contribution in [0.15, 0.2) is 72.8 Å². The minimum Gasteiger partial charge on any atom is -0.340 e. The second kappa shape index (κ2) is 10.1. The third-order valence-corrected chi connectivity index (χ3v) is 5.59. The zero-order valence-corrected chi connectivity index (χ0v) is 18.7. The molecule has 2 aromatic carbocycles. The minimum atomic E-state index is -0.0381. The predicted molar refractivity (Wildman–Crippen MR) is 127 cm³/mol. The topological polar surface area (TPSA) is 66.8 Å². The van der Waals surface area contributed by atoms with Crippen LogP contribution in [0.1, 0.15) is 41.1 Å². The number of hydrogen-bond acceptors (Lipinski definition) is 3. The summed E-state index contributed by atoms with van der Waals surface area (Å²) in [5, 5.41) is 12.1. The number of benzene rings is 2. The number of carbonyl (C=O) groups excluding carboxylic acids is 1. The van der Waals surface area contributed by atoms with Crippen LogP contribution in [0.5, 0.6) is 0 Å². The lowest BCUT2D eigenvalue weighted by Crippen LogP contribution is -2.28. The van der Waals surface area contributed by atoms with Gasteiger partial charge in [-0.15, -0.1) is 0 Å². The van der Waals surface area contributed by atoms with E-state index in [4.69, 9.17) is 0 Å². The van der Waals surface area contributed by atoms with Crippen LogP contribution < -0.4 is 0 Å². The van der Waals surface area contributed by atoms with Crippen molar-refractivity contribution < 1.29 is 4.79 Å². The Morgan fingerprint density at radius 1 is 0.969 bits per heavy atom. The number of amides is 1. The van der Waals surface area contributed by atoms with Gasteiger partial charge >= 0.3 is 0 Å². The van der Waals surface area contributed by atoms with Crippen LogP contribution >= 0.6 is 0 Å². The van der Waals surface area contributed by atoms with Gasteiger partial charge in [0, 0.05) is 30.5 Å². The van der Waals surface area contributed by atoms with Crippen molar-refractivity contribution in [3.05, 3.63) is 89.9 Å². The fraction of sp³-hybridized carbons (Fsp3) is 0.269. The molecule has 1 amide bonds. The lowest BCUT2D eigenvalue weighted by atomic mass is 10.1. The second-order valence-corrected chi connectivity index (χ2v) is 8.10. The lowest BCUT2D eigenvalue weighted by Gasteiger charge is -2.15. The molecule has 0 aliphatic heterocycles. The Morgan fingerprint density at radius 3 is 2.44 bits per heavy atom. The molecular weight excluding hydrogens is 398 g/mol. The Labute approximate surface area is 188 Å². The SMILES string of the molecule is Cc1cc(C(=O)N(C)CCCCCc2cc(-c3ccccc3)n[nH]2)nn1-c1ccccc1. The van der Waals surface area contributed by atoms with Gasteiger partial charge in [0.15, 0.2) is 5.69 Å². The van der Waals surface area contributed by atoms with Crippen molar-refractivity contribution in [2.75, 3.05) is 13.6 Å². The fourth-order valence-corrected chi connectivity index (χ4v) is 3.79. The van der Waals surface area contributed by atoms with Crippen LogP contribution in [-0.4, -0.2) is 44.4 Å². The number of unbranched alkanes of at least 4 members (excludes halogenated alkanes) is 2. The molecule has 6 nitrogen and oxygen atoms in total. The zero-order valence-electron chi connectivity index (χ0n) is 18.7. The number of nitrogens with one attached hydrogen (secondary N) is 1. The van der Waals surface area contributed by atoms with Crippen molar-refractivity contribution in [3.8, 4) is 16.9 Å². The molecule has 2 aromatic heterocycles. The van der Waals surface area contributed by atoms with E-state index in [1.54, 1.807) is 4.90 Å². The molecule has 0 aliphatic carbocycles. The van der Waals surface area contributed by atoms with E-state index in [1.807, 2.05) is 73.3 Å². The summed E-state index contributed by atoms with van der Waals surface area (Å²) in [6, 6.07) is 24.0. The normalized spacial score (nSPS) is 10.9. The van der Waals surface area contributed by atoms with Crippen LogP contribution in [0.3, 0.4) is 0 Å². The first-order valence-corrected chi connectivity index (χ1v) is 11.1. The maximum Gasteiger partial charge on any atom is 0.274 e. The molecule has 32 heavy (non-hydrogen) atoms. The maximum atomic E-state index is 12.8. The molecule has 0 atom stereocenters. The van der Waals surface area contributed by atoms with Gasteiger partial charge in [-0.2, -0.15) is 10.2 Å². The highest BCUT2D eigenvalue weighted by Crippen LogP contribution is 2.18. The van der Waals surface area contributed by atoms with Crippen LogP contribution in [-0.2, 0) is 6.42 Å². The molecule has 4 aromatic rings. The van der Waals surface area contributed by atoms with E-state index < -0.39 is 0 Å². The van der Waals surface area contributed by atoms with Crippen molar-refractivity contribution in [3.63, 3.8) is 0 Å². The van der Waals surface area contributed by atoms with Gasteiger partial charge in [-0.1, -0.05) is 55.0 Å². The van der Waals surface area contributed by atoms with Gasteiger partial charge in [0.05, 0.1) is 11.4 Å². The number of aromatic amines is 1. The van der Waals surface area contributed by atoms with Crippen molar-refractivity contribution in [2.24, 2.45) is 0 Å². The molecule has 2 heterocycles. The fourth-order valence-electron chi connectivity index (χ4n) is 3.79. The van der Waals surface area contributed by atoms with E-state index in [0.717, 1.165) is 54.0 Å². The standard InChI is InChI=1S/C26H29N5O/c1-20-18-25(29-31(20)23-15-9-4-10-16-23)26(32)30(2)17-11-5-8-14-22-19-24(28-27-22)21-12-6-3-7-13-21/h3-4,6-7,9-10,12-13,15-16,18-19H,5,8,11,14,17H2,1-2H3,(H,27,28). The van der Waals surface area contributed by atoms with Gasteiger partial charge < -0.3 is 4.90 Å². The van der Waals surface area contributed by atoms with Crippen molar-refractivity contribution in [1.29, 1.82) is 0 Å². The smallest absolute Gasteiger partial charge is 0.274 e. The van der Waals surface area contributed by atoms with Crippen LogP contribution in [0.25, 0.3) is 16.9 Å². The molecule has 0 bridgehead atoms. The lowest BCUT2D eigenvalue weighted by molar-refractivity contribution is 0.0786. The Balaban J connectivity index is 1.23. The molecule has 0 fully saturated rings. The predicted octanol–water partition coefficient (Wildman–Crippen LogP) is 5.06. The van der Waals surface area contributed by atoms with Gasteiger partial charge in [0.25, 0.3) is 5.91 Å². The molecule has 164 valence electrons. The molecule has 0 saturated carbocycles. The first-order chi connectivity index (χ1) is 15.6. The molecule has 0 aliphatic rings. The molecule has 1 N–H and O–H groups in total. The summed E-state index contributed by atoms with van der Waals surface area (Å²) in [6.45, 7) is 2.68. The minimum absolute atomic E-state index is 0.0381. The zero-order chi connectivity index (χ0) is 22.3. The van der Waals surface area contributed by atoms with Crippen LogP contribution in [0.2, 0.25) is 0 Å². The van der Waals surface area contributed by atoms with E-state index >= 15 is 0 Å². The maximum absolute atomic E-state index is 12.8. The van der Waals surface area contributed by atoms with Gasteiger partial charge in [-0.25, -0.2) is 4.68 Å². The van der Waals surface area contributed by atoms with Gasteiger partial charge in [0.2, 0.25) is 0 Å². The van der Waals surface area contributed by atoms with Gasteiger partial charge in [0.1, 0.15) is 0 Å². The van der Waals surface area contributed by atoms with E-state index in [9.17, 15) is 4.79 Å². The number of carbonyl (C=O) groups is 1. The largest absolute Gasteiger partial charge is 0.340 e. The Kier molecular flexibility index (Phi) is 6.80. The summed E-state index contributed by atoms with van der Waals surface area (Å²) in [5.41, 5.74) is 5.65. The first-order valence-electron chi connectivity index (χ1n) is 11.1. The molecule has 0 unspecified atom stereocenters. The van der Waals surface area contributed by atoms with Crippen LogP contribution in [0.4, 0.5) is 0 Å². The van der Waals surface area contributed by atoms with Gasteiger partial charge in [-0.05, 0) is 50.5 Å². The number of hydrogen-bond donors (Lipinski definition) is 1. The van der Waals surface area contributed by atoms with Gasteiger partial charge in [-0.3, -0.25) is 9.89 Å². The molecule has 4 rings (SSSR count). The Bertz CT molecular complexity index is 1150. The number of H-pyrrole nitrogens is 1. The molecule has 6 heteroatoms. The summed E-state index contributed by atoms with van der Waals surface area (Å²) in [7, 11) is 1.85. The number of nitrogens with zero attached hydrogens (tertiary/aromatic N) is 4. The van der Waals surface area contributed by atoms with Crippen molar-refractivity contribution >= 4 is 5.91 Å². The molecular formula is C26H29N5O. The van der Waals surface area contributed by atoms with Crippen molar-refractivity contribution in [2.45, 2.75) is 32.6 Å². The quantitative estimate of drug-likeness (QED) is 0.380. The second-order valence-electron chi connectivity index (χ2n) is 8.10. The number of aryl methyl sites for hydroxylation is 2. The Hall–Kier alpha value is -3.67. The van der Waals surface area contributed by atoms with E-state index in [-0.39, 0.29) is 5.91 Å². The van der Waals surface area contributed by atoms with Crippen molar-refractivity contribution in [1.82, 2.24) is 24.9 Å². The number of rotatable bonds is 9. The number of aromatic nitrogens is 4. The number of para-hydroxylation sites is 1. The van der Waals surface area contributed by atoms with Crippen LogP contribution in [0, 0.1) is 6.92 Å².